The van der Waals surface area contributed by atoms with E-state index in [0.717, 1.165) is 22.8 Å². The SMILES string of the molecule is CC/C=C(\O[Si](C)(C)C(C)(C)C)c1cccc(Cl)c1. The zero-order valence-corrected chi connectivity index (χ0v) is 14.6. The summed E-state index contributed by atoms with van der Waals surface area (Å²) in [5.74, 6) is 0.969. The molecule has 1 aromatic rings. The van der Waals surface area contributed by atoms with Crippen molar-refractivity contribution < 1.29 is 4.43 Å². The van der Waals surface area contributed by atoms with E-state index in [4.69, 9.17) is 16.0 Å². The minimum atomic E-state index is -1.82. The molecule has 0 spiro atoms. The standard InChI is InChI=1S/C16H25ClOSi/c1-7-9-15(13-10-8-11-14(17)12-13)18-19(5,6)16(2,3)4/h8-12H,7H2,1-6H3/b15-9-. The van der Waals surface area contributed by atoms with Crippen LogP contribution in [0.4, 0.5) is 0 Å². The Morgan fingerprint density at radius 1 is 1.32 bits per heavy atom. The maximum absolute atomic E-state index is 6.43. The van der Waals surface area contributed by atoms with Crippen molar-refractivity contribution in [3.63, 3.8) is 0 Å². The van der Waals surface area contributed by atoms with Gasteiger partial charge in [-0.25, -0.2) is 0 Å². The number of allylic oxidation sites excluding steroid dienone is 1. The minimum absolute atomic E-state index is 0.193. The van der Waals surface area contributed by atoms with Gasteiger partial charge < -0.3 is 4.43 Å². The molecule has 0 saturated heterocycles. The fraction of sp³-hybridized carbons (Fsp3) is 0.500. The molecule has 0 radical (unpaired) electrons. The van der Waals surface area contributed by atoms with Crippen LogP contribution in [0.5, 0.6) is 0 Å². The zero-order chi connectivity index (χ0) is 14.7. The molecule has 0 aliphatic heterocycles. The van der Waals surface area contributed by atoms with Gasteiger partial charge in [-0.2, -0.15) is 0 Å². The molecule has 0 fully saturated rings. The molecular weight excluding hydrogens is 272 g/mol. The van der Waals surface area contributed by atoms with E-state index in [9.17, 15) is 0 Å². The van der Waals surface area contributed by atoms with Crippen molar-refractivity contribution in [2.24, 2.45) is 0 Å². The lowest BCUT2D eigenvalue weighted by Crippen LogP contribution is -2.40. The summed E-state index contributed by atoms with van der Waals surface area (Å²) < 4.78 is 6.43. The highest BCUT2D eigenvalue weighted by atomic mass is 35.5. The predicted molar refractivity (Wildman–Crippen MR) is 88.0 cm³/mol. The van der Waals surface area contributed by atoms with Gasteiger partial charge >= 0.3 is 0 Å². The number of halogens is 1. The molecular formula is C16H25ClOSi. The summed E-state index contributed by atoms with van der Waals surface area (Å²) >= 11 is 6.08. The molecule has 3 heteroatoms. The summed E-state index contributed by atoms with van der Waals surface area (Å²) in [6.07, 6.45) is 3.10. The second kappa shape index (κ2) is 6.15. The van der Waals surface area contributed by atoms with Crippen LogP contribution in [-0.2, 0) is 4.43 Å². The number of hydrogen-bond acceptors (Lipinski definition) is 1. The quantitative estimate of drug-likeness (QED) is 0.481. The third-order valence-corrected chi connectivity index (χ3v) is 8.25. The van der Waals surface area contributed by atoms with E-state index in [2.05, 4.69) is 52.9 Å². The summed E-state index contributed by atoms with van der Waals surface area (Å²) in [6.45, 7) is 13.4. The Hall–Kier alpha value is -0.733. The summed E-state index contributed by atoms with van der Waals surface area (Å²) in [5, 5.41) is 0.941. The van der Waals surface area contributed by atoms with E-state index < -0.39 is 8.32 Å². The molecule has 0 amide bonds. The summed E-state index contributed by atoms with van der Waals surface area (Å²) in [6, 6.07) is 7.88. The maximum atomic E-state index is 6.43. The average Bonchev–Trinajstić information content (AvgIpc) is 2.26. The van der Waals surface area contributed by atoms with Crippen molar-refractivity contribution >= 4 is 25.7 Å². The summed E-state index contributed by atoms with van der Waals surface area (Å²) in [5.41, 5.74) is 1.07. The fourth-order valence-electron chi connectivity index (χ4n) is 1.47. The van der Waals surface area contributed by atoms with Gasteiger partial charge in [-0.05, 0) is 42.8 Å². The van der Waals surface area contributed by atoms with E-state index >= 15 is 0 Å². The molecule has 0 saturated carbocycles. The van der Waals surface area contributed by atoms with Gasteiger partial charge in [0.2, 0.25) is 8.32 Å². The Kier molecular flexibility index (Phi) is 5.28. The van der Waals surface area contributed by atoms with Crippen LogP contribution < -0.4 is 0 Å². The smallest absolute Gasteiger partial charge is 0.250 e. The van der Waals surface area contributed by atoms with Gasteiger partial charge in [0.25, 0.3) is 0 Å². The third-order valence-electron chi connectivity index (χ3n) is 3.67. The summed E-state index contributed by atoms with van der Waals surface area (Å²) in [7, 11) is -1.82. The number of benzene rings is 1. The highest BCUT2D eigenvalue weighted by Crippen LogP contribution is 2.39. The molecule has 1 rings (SSSR count). The number of hydrogen-bond donors (Lipinski definition) is 0. The second-order valence-corrected chi connectivity index (χ2v) is 11.5. The molecule has 0 atom stereocenters. The van der Waals surface area contributed by atoms with E-state index in [0.29, 0.717) is 0 Å². The summed E-state index contributed by atoms with van der Waals surface area (Å²) in [4.78, 5) is 0. The topological polar surface area (TPSA) is 9.23 Å². The van der Waals surface area contributed by atoms with Crippen molar-refractivity contribution in [2.75, 3.05) is 0 Å². The second-order valence-electron chi connectivity index (χ2n) is 6.35. The van der Waals surface area contributed by atoms with Crippen LogP contribution in [0.3, 0.4) is 0 Å². The van der Waals surface area contributed by atoms with Crippen molar-refractivity contribution in [3.8, 4) is 0 Å². The Bertz CT molecular complexity index is 458. The van der Waals surface area contributed by atoms with E-state index in [1.165, 1.54) is 0 Å². The first-order valence-corrected chi connectivity index (χ1v) is 10.1. The molecule has 1 aromatic carbocycles. The number of rotatable bonds is 4. The molecule has 0 aliphatic rings. The molecule has 106 valence electrons. The van der Waals surface area contributed by atoms with Crippen molar-refractivity contribution in [2.45, 2.75) is 52.2 Å². The van der Waals surface area contributed by atoms with Crippen molar-refractivity contribution in [3.05, 3.63) is 40.9 Å². The van der Waals surface area contributed by atoms with Crippen LogP contribution >= 0.6 is 11.6 Å². The molecule has 0 aromatic heterocycles. The molecule has 19 heavy (non-hydrogen) atoms. The first-order chi connectivity index (χ1) is 8.67. The van der Waals surface area contributed by atoms with Gasteiger partial charge in [-0.1, -0.05) is 51.4 Å². The third kappa shape index (κ3) is 4.39. The normalized spacial score (nSPS) is 13.5. The van der Waals surface area contributed by atoms with E-state index in [-0.39, 0.29) is 5.04 Å². The van der Waals surface area contributed by atoms with Gasteiger partial charge in [0.05, 0.1) is 0 Å². The van der Waals surface area contributed by atoms with Crippen LogP contribution in [0.1, 0.15) is 39.7 Å². The maximum Gasteiger partial charge on any atom is 0.250 e. The monoisotopic (exact) mass is 296 g/mol. The predicted octanol–water partition coefficient (Wildman–Crippen LogP) is 6.11. The van der Waals surface area contributed by atoms with Crippen LogP contribution in [0, 0.1) is 0 Å². The van der Waals surface area contributed by atoms with Crippen molar-refractivity contribution in [1.29, 1.82) is 0 Å². The van der Waals surface area contributed by atoms with Gasteiger partial charge in [0, 0.05) is 10.6 Å². The first-order valence-electron chi connectivity index (χ1n) is 6.82. The van der Waals surface area contributed by atoms with Crippen LogP contribution in [0.25, 0.3) is 5.76 Å². The molecule has 0 unspecified atom stereocenters. The van der Waals surface area contributed by atoms with E-state index in [1.54, 1.807) is 0 Å². The molecule has 0 aliphatic carbocycles. The molecule has 1 nitrogen and oxygen atoms in total. The van der Waals surface area contributed by atoms with Crippen LogP contribution in [0.2, 0.25) is 23.2 Å². The molecule has 0 bridgehead atoms. The van der Waals surface area contributed by atoms with Gasteiger partial charge in [0.1, 0.15) is 5.76 Å². The lowest BCUT2D eigenvalue weighted by Gasteiger charge is -2.37. The first kappa shape index (κ1) is 16.3. The highest BCUT2D eigenvalue weighted by molar-refractivity contribution is 6.74. The van der Waals surface area contributed by atoms with Gasteiger partial charge in [-0.15, -0.1) is 0 Å². The largest absolute Gasteiger partial charge is 0.543 e. The Morgan fingerprint density at radius 2 is 1.95 bits per heavy atom. The van der Waals surface area contributed by atoms with Crippen LogP contribution in [0.15, 0.2) is 30.3 Å². The lowest BCUT2D eigenvalue weighted by molar-refractivity contribution is 0.456. The lowest BCUT2D eigenvalue weighted by atomic mass is 10.2. The Morgan fingerprint density at radius 3 is 2.42 bits per heavy atom. The average molecular weight is 297 g/mol. The minimum Gasteiger partial charge on any atom is -0.543 e. The van der Waals surface area contributed by atoms with Crippen LogP contribution in [-0.4, -0.2) is 8.32 Å². The van der Waals surface area contributed by atoms with Gasteiger partial charge in [0.15, 0.2) is 0 Å². The van der Waals surface area contributed by atoms with Crippen molar-refractivity contribution in [1.82, 2.24) is 0 Å². The van der Waals surface area contributed by atoms with Gasteiger partial charge in [-0.3, -0.25) is 0 Å². The fourth-order valence-corrected chi connectivity index (χ4v) is 2.72. The molecule has 0 N–H and O–H groups in total. The van der Waals surface area contributed by atoms with E-state index in [1.807, 2.05) is 18.2 Å². The molecule has 0 heterocycles. The Balaban J connectivity index is 3.08. The highest BCUT2D eigenvalue weighted by Gasteiger charge is 2.39. The zero-order valence-electron chi connectivity index (χ0n) is 12.9. The Labute approximate surface area is 123 Å².